The molecule has 178 valence electrons. The third-order valence-electron chi connectivity index (χ3n) is 5.49. The first-order valence-corrected chi connectivity index (χ1v) is 12.4. The molecule has 1 saturated heterocycles. The molecule has 1 N–H and O–H groups in total. The number of carbonyl (C=O) groups is 2. The van der Waals surface area contributed by atoms with Gasteiger partial charge in [0.05, 0.1) is 35.4 Å². The maximum Gasteiger partial charge on any atom is 0.337 e. The van der Waals surface area contributed by atoms with E-state index in [9.17, 15) is 18.0 Å². The number of benzene rings is 2. The fourth-order valence-electron chi connectivity index (χ4n) is 3.69. The third kappa shape index (κ3) is 6.04. The SMILES string of the molecule is COC(=O)c1ccc(Cl)c(NC(=O)CCc2cc(S(=O)(=O)N3CCCCC3)ccc2OC)c1. The number of ether oxygens (including phenoxy) is 2. The number of hydrogen-bond acceptors (Lipinski definition) is 6. The molecular weight excluding hydrogens is 468 g/mol. The van der Waals surface area contributed by atoms with E-state index in [1.165, 1.54) is 42.8 Å². The van der Waals surface area contributed by atoms with Crippen molar-refractivity contribution in [3.63, 3.8) is 0 Å². The van der Waals surface area contributed by atoms with Crippen molar-refractivity contribution in [2.24, 2.45) is 0 Å². The highest BCUT2D eigenvalue weighted by Gasteiger charge is 2.26. The molecule has 2 aromatic rings. The highest BCUT2D eigenvalue weighted by atomic mass is 35.5. The van der Waals surface area contributed by atoms with Crippen molar-refractivity contribution in [1.29, 1.82) is 0 Å². The number of anilines is 1. The number of sulfonamides is 1. The normalized spacial score (nSPS) is 14.5. The summed E-state index contributed by atoms with van der Waals surface area (Å²) in [6, 6.07) is 9.16. The number of piperidine rings is 1. The second-order valence-electron chi connectivity index (χ2n) is 7.67. The van der Waals surface area contributed by atoms with Crippen molar-refractivity contribution < 1.29 is 27.5 Å². The van der Waals surface area contributed by atoms with E-state index in [0.717, 1.165) is 19.3 Å². The molecule has 0 radical (unpaired) electrons. The van der Waals surface area contributed by atoms with Crippen molar-refractivity contribution >= 4 is 39.2 Å². The molecule has 1 aliphatic rings. The molecule has 3 rings (SSSR count). The molecule has 0 saturated carbocycles. The Morgan fingerprint density at radius 2 is 1.79 bits per heavy atom. The largest absolute Gasteiger partial charge is 0.496 e. The van der Waals surface area contributed by atoms with Crippen LogP contribution in [0, 0.1) is 0 Å². The number of aryl methyl sites for hydroxylation is 1. The Morgan fingerprint density at radius 1 is 1.06 bits per heavy atom. The minimum atomic E-state index is -3.60. The van der Waals surface area contributed by atoms with Gasteiger partial charge in [0.15, 0.2) is 0 Å². The molecule has 1 amide bonds. The molecule has 8 nitrogen and oxygen atoms in total. The second-order valence-corrected chi connectivity index (χ2v) is 10.0. The van der Waals surface area contributed by atoms with Crippen molar-refractivity contribution in [3.8, 4) is 5.75 Å². The number of carbonyl (C=O) groups excluding carboxylic acids is 2. The minimum Gasteiger partial charge on any atom is -0.496 e. The number of nitrogens with zero attached hydrogens (tertiary/aromatic N) is 1. The van der Waals surface area contributed by atoms with Crippen LogP contribution in [0.5, 0.6) is 5.75 Å². The molecule has 0 bridgehead atoms. The first-order chi connectivity index (χ1) is 15.8. The van der Waals surface area contributed by atoms with Crippen LogP contribution in [0.2, 0.25) is 5.02 Å². The molecule has 0 spiro atoms. The van der Waals surface area contributed by atoms with Gasteiger partial charge in [-0.2, -0.15) is 4.31 Å². The summed E-state index contributed by atoms with van der Waals surface area (Å²) in [5, 5.41) is 2.97. The summed E-state index contributed by atoms with van der Waals surface area (Å²) in [6.45, 7) is 1.02. The lowest BCUT2D eigenvalue weighted by molar-refractivity contribution is -0.116. The maximum atomic E-state index is 13.0. The van der Waals surface area contributed by atoms with Crippen LogP contribution in [0.1, 0.15) is 41.6 Å². The van der Waals surface area contributed by atoms with Crippen LogP contribution in [-0.2, 0) is 26.0 Å². The fraction of sp³-hybridized carbons (Fsp3) is 0.391. The van der Waals surface area contributed by atoms with Crippen LogP contribution in [-0.4, -0.2) is 51.9 Å². The molecule has 0 unspecified atom stereocenters. The van der Waals surface area contributed by atoms with Crippen molar-refractivity contribution in [1.82, 2.24) is 4.31 Å². The highest BCUT2D eigenvalue weighted by Crippen LogP contribution is 2.28. The Balaban J connectivity index is 1.73. The number of rotatable bonds is 8. The first kappa shape index (κ1) is 25.0. The van der Waals surface area contributed by atoms with Gasteiger partial charge in [-0.25, -0.2) is 13.2 Å². The molecule has 0 atom stereocenters. The molecular formula is C23H27ClN2O6S. The fourth-order valence-corrected chi connectivity index (χ4v) is 5.42. The lowest BCUT2D eigenvalue weighted by Crippen LogP contribution is -2.35. The molecule has 2 aromatic carbocycles. The van der Waals surface area contributed by atoms with Gasteiger partial charge in [-0.15, -0.1) is 0 Å². The second kappa shape index (κ2) is 11.0. The van der Waals surface area contributed by atoms with Crippen molar-refractivity contribution in [2.45, 2.75) is 37.0 Å². The zero-order valence-electron chi connectivity index (χ0n) is 18.6. The molecule has 10 heteroatoms. The molecule has 1 fully saturated rings. The van der Waals surface area contributed by atoms with E-state index in [2.05, 4.69) is 10.1 Å². The van der Waals surface area contributed by atoms with E-state index >= 15 is 0 Å². The summed E-state index contributed by atoms with van der Waals surface area (Å²) >= 11 is 6.14. The first-order valence-electron chi connectivity index (χ1n) is 10.6. The van der Waals surface area contributed by atoms with E-state index < -0.39 is 16.0 Å². The van der Waals surface area contributed by atoms with Gasteiger partial charge in [-0.05, 0) is 61.2 Å². The van der Waals surface area contributed by atoms with Gasteiger partial charge in [-0.3, -0.25) is 4.79 Å². The van der Waals surface area contributed by atoms with Crippen molar-refractivity contribution in [3.05, 3.63) is 52.5 Å². The summed E-state index contributed by atoms with van der Waals surface area (Å²) in [5.74, 6) is -0.380. The number of hydrogen-bond donors (Lipinski definition) is 1. The number of nitrogens with one attached hydrogen (secondary N) is 1. The smallest absolute Gasteiger partial charge is 0.337 e. The van der Waals surface area contributed by atoms with Crippen LogP contribution < -0.4 is 10.1 Å². The summed E-state index contributed by atoms with van der Waals surface area (Å²) in [5.41, 5.74) is 1.16. The van der Waals surface area contributed by atoms with Gasteiger partial charge in [0.1, 0.15) is 5.75 Å². The monoisotopic (exact) mass is 494 g/mol. The summed E-state index contributed by atoms with van der Waals surface area (Å²) in [6.07, 6.45) is 3.04. The summed E-state index contributed by atoms with van der Waals surface area (Å²) in [7, 11) is -0.840. The summed E-state index contributed by atoms with van der Waals surface area (Å²) in [4.78, 5) is 24.5. The zero-order chi connectivity index (χ0) is 24.0. The number of methoxy groups -OCH3 is 2. The average Bonchev–Trinajstić information content (AvgIpc) is 2.83. The van der Waals surface area contributed by atoms with Gasteiger partial charge in [0.2, 0.25) is 15.9 Å². The highest BCUT2D eigenvalue weighted by molar-refractivity contribution is 7.89. The van der Waals surface area contributed by atoms with Gasteiger partial charge < -0.3 is 14.8 Å². The number of halogens is 1. The third-order valence-corrected chi connectivity index (χ3v) is 7.71. The van der Waals surface area contributed by atoms with E-state index in [1.54, 1.807) is 12.1 Å². The number of amides is 1. The van der Waals surface area contributed by atoms with Gasteiger partial charge in [-0.1, -0.05) is 18.0 Å². The zero-order valence-corrected chi connectivity index (χ0v) is 20.2. The molecule has 0 aliphatic carbocycles. The van der Waals surface area contributed by atoms with Crippen LogP contribution >= 0.6 is 11.6 Å². The van der Waals surface area contributed by atoms with Crippen LogP contribution in [0.4, 0.5) is 5.69 Å². The van der Waals surface area contributed by atoms with Gasteiger partial charge in [0, 0.05) is 19.5 Å². The molecule has 1 heterocycles. The summed E-state index contributed by atoms with van der Waals surface area (Å²) < 4.78 is 37.6. The van der Waals surface area contributed by atoms with E-state index in [4.69, 9.17) is 16.3 Å². The Hall–Kier alpha value is -2.62. The van der Waals surface area contributed by atoms with Crippen molar-refractivity contribution in [2.75, 3.05) is 32.6 Å². The minimum absolute atomic E-state index is 0.0579. The van der Waals surface area contributed by atoms with E-state index in [-0.39, 0.29) is 39.9 Å². The van der Waals surface area contributed by atoms with Crippen LogP contribution in [0.15, 0.2) is 41.3 Å². The Morgan fingerprint density at radius 3 is 2.45 bits per heavy atom. The number of esters is 1. The lowest BCUT2D eigenvalue weighted by atomic mass is 10.1. The van der Waals surface area contributed by atoms with Crippen LogP contribution in [0.25, 0.3) is 0 Å². The Labute approximate surface area is 198 Å². The molecule has 33 heavy (non-hydrogen) atoms. The molecule has 0 aromatic heterocycles. The predicted molar refractivity (Wildman–Crippen MR) is 125 cm³/mol. The average molecular weight is 495 g/mol. The maximum absolute atomic E-state index is 13.0. The Kier molecular flexibility index (Phi) is 8.34. The quantitative estimate of drug-likeness (QED) is 0.559. The van der Waals surface area contributed by atoms with E-state index in [0.29, 0.717) is 24.4 Å². The molecule has 1 aliphatic heterocycles. The Bertz CT molecular complexity index is 1130. The van der Waals surface area contributed by atoms with Gasteiger partial charge >= 0.3 is 5.97 Å². The van der Waals surface area contributed by atoms with Crippen LogP contribution in [0.3, 0.4) is 0 Å². The van der Waals surface area contributed by atoms with Gasteiger partial charge in [0.25, 0.3) is 0 Å². The van der Waals surface area contributed by atoms with E-state index in [1.807, 2.05) is 0 Å². The predicted octanol–water partition coefficient (Wildman–Crippen LogP) is 3.88. The topological polar surface area (TPSA) is 102 Å². The lowest BCUT2D eigenvalue weighted by Gasteiger charge is -2.26. The standard InChI is InChI=1S/C23H27ClN2O6S/c1-31-21-10-8-18(33(29,30)26-12-4-3-5-13-26)14-16(21)7-11-22(27)25-20-15-17(23(28)32-2)6-9-19(20)24/h6,8-10,14-15H,3-5,7,11-13H2,1-2H3,(H,25,27).